The number of carbonyl (C=O) groups is 1. The van der Waals surface area contributed by atoms with E-state index in [0.29, 0.717) is 52.5 Å². The number of carbonyl (C=O) groups excluding carboxylic acids is 1. The maximum absolute atomic E-state index is 11.3. The molecule has 1 atom stereocenters. The molecule has 1 unspecified atom stereocenters. The molecule has 0 bridgehead atoms. The van der Waals surface area contributed by atoms with E-state index in [-0.39, 0.29) is 5.78 Å². The van der Waals surface area contributed by atoms with Crippen molar-refractivity contribution in [2.45, 2.75) is 73.1 Å². The van der Waals surface area contributed by atoms with Gasteiger partial charge in [-0.05, 0) is 74.1 Å². The number of Topliss-reactive ketones (excluding diaryl/α,β-unsaturated/α-hetero) is 1. The van der Waals surface area contributed by atoms with Crippen molar-refractivity contribution in [1.29, 1.82) is 10.5 Å². The molecule has 35 heavy (non-hydrogen) atoms. The minimum absolute atomic E-state index is 0.170. The minimum Gasteiger partial charge on any atom is -0.461 e. The molecule has 0 aliphatic heterocycles. The quantitative estimate of drug-likeness (QED) is 0.394. The first-order valence-electron chi connectivity index (χ1n) is 12.4. The Hall–Kier alpha value is -3.63. The summed E-state index contributed by atoms with van der Waals surface area (Å²) in [4.78, 5) is 11.3. The largest absolute Gasteiger partial charge is 0.461 e. The van der Waals surface area contributed by atoms with E-state index >= 15 is 0 Å². The fraction of sp³-hybridized carbons (Fsp3) is 0.387. The molecule has 2 rings (SSSR count). The molecule has 0 spiro atoms. The van der Waals surface area contributed by atoms with Crippen LogP contribution < -0.4 is 15.2 Å². The summed E-state index contributed by atoms with van der Waals surface area (Å²) < 4.78 is 6.26. The van der Waals surface area contributed by atoms with Gasteiger partial charge in [-0.25, -0.2) is 0 Å². The summed E-state index contributed by atoms with van der Waals surface area (Å²) in [6, 6.07) is 13.9. The number of aryl methyl sites for hydroxylation is 1. The molecule has 182 valence electrons. The first-order valence-corrected chi connectivity index (χ1v) is 12.4. The van der Waals surface area contributed by atoms with Gasteiger partial charge in [0.1, 0.15) is 29.4 Å². The maximum atomic E-state index is 11.3. The number of hydrogen-bond acceptors (Lipinski definition) is 4. The van der Waals surface area contributed by atoms with Crippen molar-refractivity contribution < 1.29 is 9.53 Å². The summed E-state index contributed by atoms with van der Waals surface area (Å²) in [5.74, 6) is 2.05. The van der Waals surface area contributed by atoms with Crippen LogP contribution >= 0.6 is 0 Å². The van der Waals surface area contributed by atoms with Gasteiger partial charge < -0.3 is 9.53 Å². The lowest BCUT2D eigenvalue weighted by Gasteiger charge is -2.14. The highest BCUT2D eigenvalue weighted by Crippen LogP contribution is 2.20. The summed E-state index contributed by atoms with van der Waals surface area (Å²) >= 11 is 0. The predicted molar refractivity (Wildman–Crippen MR) is 143 cm³/mol. The Morgan fingerprint density at radius 1 is 1.11 bits per heavy atom. The summed E-state index contributed by atoms with van der Waals surface area (Å²) in [5, 5.41) is 21.3. The van der Waals surface area contributed by atoms with Crippen LogP contribution in [0.3, 0.4) is 0 Å². The van der Waals surface area contributed by atoms with Crippen molar-refractivity contribution in [3.8, 4) is 17.9 Å². The molecule has 0 amide bonds. The van der Waals surface area contributed by atoms with Crippen molar-refractivity contribution in [3.05, 3.63) is 69.6 Å². The molecule has 0 N–H and O–H groups in total. The fourth-order valence-electron chi connectivity index (χ4n) is 4.34. The van der Waals surface area contributed by atoms with Gasteiger partial charge in [0.25, 0.3) is 0 Å². The number of nitriles is 2. The van der Waals surface area contributed by atoms with E-state index in [0.717, 1.165) is 41.7 Å². The van der Waals surface area contributed by atoms with Crippen LogP contribution in [0.5, 0.6) is 5.75 Å². The lowest BCUT2D eigenvalue weighted by molar-refractivity contribution is -0.116. The van der Waals surface area contributed by atoms with Crippen LogP contribution in [0.15, 0.2) is 36.9 Å². The zero-order valence-corrected chi connectivity index (χ0v) is 21.7. The molecule has 0 aliphatic rings. The average molecular weight is 469 g/mol. The molecule has 0 saturated carbocycles. The van der Waals surface area contributed by atoms with E-state index in [1.54, 1.807) is 13.0 Å². The molecule has 0 heterocycles. The smallest absolute Gasteiger partial charge is 0.130 e. The van der Waals surface area contributed by atoms with Crippen molar-refractivity contribution in [3.63, 3.8) is 0 Å². The topological polar surface area (TPSA) is 73.9 Å². The Morgan fingerprint density at radius 3 is 2.31 bits per heavy atom. The number of hydrogen-bond donors (Lipinski definition) is 0. The predicted octanol–water partition coefficient (Wildman–Crippen LogP) is 6.19. The van der Waals surface area contributed by atoms with E-state index in [1.807, 2.05) is 38.1 Å². The average Bonchev–Trinajstić information content (AvgIpc) is 2.84. The highest BCUT2D eigenvalue weighted by Gasteiger charge is 2.15. The second-order valence-corrected chi connectivity index (χ2v) is 9.15. The van der Waals surface area contributed by atoms with E-state index in [1.165, 1.54) is 0 Å². The van der Waals surface area contributed by atoms with Gasteiger partial charge in [0.2, 0.25) is 0 Å². The van der Waals surface area contributed by atoms with Gasteiger partial charge in [-0.15, -0.1) is 0 Å². The number of ether oxygens (including phenoxy) is 1. The molecular formula is C31H36N2O2. The highest BCUT2D eigenvalue weighted by atomic mass is 16.5. The maximum Gasteiger partial charge on any atom is 0.130 e. The van der Waals surface area contributed by atoms with Crippen LogP contribution in [0.1, 0.15) is 89.0 Å². The number of benzene rings is 2. The van der Waals surface area contributed by atoms with Crippen molar-refractivity contribution in [2.75, 3.05) is 0 Å². The van der Waals surface area contributed by atoms with Gasteiger partial charge in [-0.2, -0.15) is 10.5 Å². The second-order valence-electron chi connectivity index (χ2n) is 9.15. The molecule has 0 aromatic heterocycles. The summed E-state index contributed by atoms with van der Waals surface area (Å²) in [6.45, 7) is 13.9. The number of rotatable bonds is 11. The molecule has 2 aromatic carbocycles. The first-order chi connectivity index (χ1) is 16.7. The lowest BCUT2D eigenvalue weighted by atomic mass is 9.91. The van der Waals surface area contributed by atoms with E-state index in [2.05, 4.69) is 38.6 Å². The first kappa shape index (κ1) is 27.6. The number of ketones is 1. The van der Waals surface area contributed by atoms with Gasteiger partial charge >= 0.3 is 0 Å². The third kappa shape index (κ3) is 7.43. The van der Waals surface area contributed by atoms with Crippen LogP contribution in [0.25, 0.3) is 17.4 Å². The fourth-order valence-corrected chi connectivity index (χ4v) is 4.34. The van der Waals surface area contributed by atoms with Crippen LogP contribution in [-0.4, -0.2) is 5.78 Å². The monoisotopic (exact) mass is 468 g/mol. The van der Waals surface area contributed by atoms with Crippen molar-refractivity contribution in [2.24, 2.45) is 5.92 Å². The Kier molecular flexibility index (Phi) is 10.5. The zero-order valence-electron chi connectivity index (χ0n) is 21.7. The molecule has 0 saturated heterocycles. The van der Waals surface area contributed by atoms with Gasteiger partial charge in [0.15, 0.2) is 0 Å². The van der Waals surface area contributed by atoms with E-state index in [9.17, 15) is 15.3 Å². The van der Waals surface area contributed by atoms with Gasteiger partial charge in [0.05, 0.1) is 11.1 Å². The second kappa shape index (κ2) is 13.3. The van der Waals surface area contributed by atoms with Crippen LogP contribution in [-0.2, 0) is 11.2 Å². The minimum atomic E-state index is 0.170. The Bertz CT molecular complexity index is 1270. The standard InChI is InChI=1S/C31H36N2O2/c1-7-9-24(8-2)12-15-26-18-27(19-32)29(20-33)30(21(3)4)31(26)23(6)35-28-16-13-25(14-17-28)11-10-22(5)34/h13-18,24H,3,7-12H2,1-2,4-6H3/b26-15-,31-23-. The number of allylic oxidation sites excluding steroid dienone is 1. The van der Waals surface area contributed by atoms with Crippen LogP contribution in [0.2, 0.25) is 0 Å². The molecule has 0 aliphatic carbocycles. The van der Waals surface area contributed by atoms with Crippen molar-refractivity contribution >= 4 is 23.2 Å². The van der Waals surface area contributed by atoms with E-state index < -0.39 is 0 Å². The third-order valence-electron chi connectivity index (χ3n) is 6.27. The number of nitrogens with zero attached hydrogens (tertiary/aromatic N) is 2. The molecule has 4 heteroatoms. The highest BCUT2D eigenvalue weighted by molar-refractivity contribution is 5.75. The molecule has 0 radical (unpaired) electrons. The van der Waals surface area contributed by atoms with Gasteiger partial charge in [-0.3, -0.25) is 0 Å². The molecule has 2 aromatic rings. The van der Waals surface area contributed by atoms with Gasteiger partial charge in [-0.1, -0.05) is 57.9 Å². The Morgan fingerprint density at radius 2 is 1.80 bits per heavy atom. The van der Waals surface area contributed by atoms with Crippen LogP contribution in [0, 0.1) is 28.6 Å². The SMILES string of the molecule is C=C(C)c1c(C#N)c(C#N)cc(=C/CC(CC)CCC)/c1=C(\C)Oc1ccc(CCC(C)=O)cc1. The zero-order chi connectivity index (χ0) is 26.0. The normalized spacial score (nSPS) is 12.9. The van der Waals surface area contributed by atoms with E-state index in [4.69, 9.17) is 4.74 Å². The Balaban J connectivity index is 2.68. The molecule has 4 nitrogen and oxygen atoms in total. The third-order valence-corrected chi connectivity index (χ3v) is 6.27. The summed E-state index contributed by atoms with van der Waals surface area (Å²) in [6.07, 6.45) is 7.65. The summed E-state index contributed by atoms with van der Waals surface area (Å²) in [7, 11) is 0. The lowest BCUT2D eigenvalue weighted by Crippen LogP contribution is -2.33. The van der Waals surface area contributed by atoms with Crippen molar-refractivity contribution in [1.82, 2.24) is 0 Å². The summed E-state index contributed by atoms with van der Waals surface area (Å²) in [5.41, 5.74) is 3.14. The Labute approximate surface area is 209 Å². The van der Waals surface area contributed by atoms with Gasteiger partial charge in [0, 0.05) is 17.2 Å². The molecule has 0 fully saturated rings. The molecular weight excluding hydrogens is 432 g/mol. The van der Waals surface area contributed by atoms with Crippen LogP contribution in [0.4, 0.5) is 0 Å².